The van der Waals surface area contributed by atoms with Crippen molar-refractivity contribution < 1.29 is 13.2 Å². The summed E-state index contributed by atoms with van der Waals surface area (Å²) < 4.78 is 24.7. The fourth-order valence-corrected chi connectivity index (χ4v) is 2.53. The van der Waals surface area contributed by atoms with Crippen molar-refractivity contribution in [2.24, 2.45) is 0 Å². The first-order valence-electron chi connectivity index (χ1n) is 6.51. The fraction of sp³-hybridized carbons (Fsp3) is 0.909. The zero-order valence-electron chi connectivity index (χ0n) is 10.9. The maximum atomic E-state index is 11.5. The van der Waals surface area contributed by atoms with E-state index in [1.807, 2.05) is 0 Å². The van der Waals surface area contributed by atoms with Gasteiger partial charge >= 0.3 is 0 Å². The number of sulfonamides is 1. The first-order chi connectivity index (χ1) is 8.53. The molecule has 1 unspecified atom stereocenters. The van der Waals surface area contributed by atoms with Gasteiger partial charge in [0.2, 0.25) is 15.9 Å². The van der Waals surface area contributed by atoms with Gasteiger partial charge in [0.1, 0.15) is 0 Å². The van der Waals surface area contributed by atoms with Crippen LogP contribution in [0.3, 0.4) is 0 Å². The third-order valence-corrected chi connectivity index (χ3v) is 4.38. The van der Waals surface area contributed by atoms with Crippen LogP contribution in [0.4, 0.5) is 0 Å². The average molecular weight is 277 g/mol. The van der Waals surface area contributed by atoms with Crippen molar-refractivity contribution in [3.8, 4) is 0 Å². The lowest BCUT2D eigenvalue weighted by Gasteiger charge is -2.10. The number of hydrogen-bond donors (Lipinski definition) is 3. The van der Waals surface area contributed by atoms with Crippen molar-refractivity contribution in [2.75, 3.05) is 25.4 Å². The molecular formula is C11H23N3O3S. The quantitative estimate of drug-likeness (QED) is 0.526. The van der Waals surface area contributed by atoms with Gasteiger partial charge in [0.15, 0.2) is 0 Å². The van der Waals surface area contributed by atoms with Gasteiger partial charge in [-0.1, -0.05) is 0 Å². The first-order valence-corrected chi connectivity index (χ1v) is 8.16. The van der Waals surface area contributed by atoms with Gasteiger partial charge in [0.25, 0.3) is 0 Å². The topological polar surface area (TPSA) is 87.3 Å². The second-order valence-electron chi connectivity index (χ2n) is 4.50. The van der Waals surface area contributed by atoms with E-state index in [1.165, 1.54) is 0 Å². The van der Waals surface area contributed by atoms with Crippen LogP contribution in [-0.2, 0) is 14.8 Å². The van der Waals surface area contributed by atoms with Gasteiger partial charge in [0, 0.05) is 25.6 Å². The molecule has 7 heteroatoms. The van der Waals surface area contributed by atoms with Crippen LogP contribution in [0.2, 0.25) is 0 Å². The minimum absolute atomic E-state index is 0.0350. The molecule has 1 aliphatic rings. The van der Waals surface area contributed by atoms with Crippen LogP contribution in [0.5, 0.6) is 0 Å². The summed E-state index contributed by atoms with van der Waals surface area (Å²) in [6.07, 6.45) is 3.32. The molecule has 106 valence electrons. The minimum atomic E-state index is -3.11. The molecule has 1 heterocycles. The molecule has 0 aromatic rings. The lowest BCUT2D eigenvalue weighted by atomic mass is 10.1. The van der Waals surface area contributed by atoms with Crippen LogP contribution in [0.15, 0.2) is 0 Å². The molecule has 1 atom stereocenters. The Hall–Kier alpha value is -0.660. The van der Waals surface area contributed by atoms with Crippen LogP contribution in [0, 0.1) is 0 Å². The van der Waals surface area contributed by atoms with Crippen LogP contribution in [0.25, 0.3) is 0 Å². The second kappa shape index (κ2) is 7.70. The molecule has 1 fully saturated rings. The highest BCUT2D eigenvalue weighted by Crippen LogP contribution is 2.07. The third-order valence-electron chi connectivity index (χ3n) is 2.97. The lowest BCUT2D eigenvalue weighted by molar-refractivity contribution is -0.121. The Kier molecular flexibility index (Phi) is 6.59. The van der Waals surface area contributed by atoms with Gasteiger partial charge in [-0.2, -0.15) is 0 Å². The van der Waals surface area contributed by atoms with Crippen LogP contribution < -0.4 is 15.4 Å². The molecular weight excluding hydrogens is 254 g/mol. The Morgan fingerprint density at radius 1 is 1.39 bits per heavy atom. The maximum Gasteiger partial charge on any atom is 0.221 e. The normalized spacial score (nSPS) is 19.9. The lowest BCUT2D eigenvalue weighted by Crippen LogP contribution is -2.34. The summed E-state index contributed by atoms with van der Waals surface area (Å²) in [5.74, 6) is 0.125. The largest absolute Gasteiger partial charge is 0.356 e. The molecule has 0 aromatic carbocycles. The van der Waals surface area contributed by atoms with Crippen molar-refractivity contribution in [3.63, 3.8) is 0 Å². The summed E-state index contributed by atoms with van der Waals surface area (Å²) in [7, 11) is -3.11. The van der Waals surface area contributed by atoms with Crippen molar-refractivity contribution in [3.05, 3.63) is 0 Å². The number of nitrogens with one attached hydrogen (secondary N) is 3. The number of carbonyl (C=O) groups excluding carboxylic acids is 1. The van der Waals surface area contributed by atoms with Gasteiger partial charge < -0.3 is 10.6 Å². The molecule has 3 N–H and O–H groups in total. The molecule has 0 aliphatic carbocycles. The summed E-state index contributed by atoms with van der Waals surface area (Å²) >= 11 is 0. The van der Waals surface area contributed by atoms with E-state index in [4.69, 9.17) is 0 Å². The van der Waals surface area contributed by atoms with Crippen molar-refractivity contribution in [1.29, 1.82) is 0 Å². The van der Waals surface area contributed by atoms with Crippen molar-refractivity contribution in [1.82, 2.24) is 15.4 Å². The van der Waals surface area contributed by atoms with E-state index < -0.39 is 10.0 Å². The Labute approximate surface area is 109 Å². The van der Waals surface area contributed by atoms with Gasteiger partial charge in [-0.05, 0) is 32.7 Å². The van der Waals surface area contributed by atoms with Gasteiger partial charge in [-0.3, -0.25) is 4.79 Å². The molecule has 1 saturated heterocycles. The standard InChI is InChI=1S/C11H23N3O3S/c1-2-18(16,17)14-8-4-7-13-11(15)9-10-5-3-6-12-10/h10,12,14H,2-9H2,1H3,(H,13,15). The van der Waals surface area contributed by atoms with Gasteiger partial charge in [-0.25, -0.2) is 13.1 Å². The van der Waals surface area contributed by atoms with Crippen LogP contribution >= 0.6 is 0 Å². The van der Waals surface area contributed by atoms with Crippen LogP contribution in [0.1, 0.15) is 32.6 Å². The van der Waals surface area contributed by atoms with E-state index in [-0.39, 0.29) is 11.7 Å². The third kappa shape index (κ3) is 6.32. The molecule has 1 aliphatic heterocycles. The predicted octanol–water partition coefficient (Wildman–Crippen LogP) is -0.426. The number of amides is 1. The number of hydrogen-bond acceptors (Lipinski definition) is 4. The zero-order valence-corrected chi connectivity index (χ0v) is 11.7. The molecule has 0 radical (unpaired) electrons. The van der Waals surface area contributed by atoms with Gasteiger partial charge in [0.05, 0.1) is 5.75 Å². The minimum Gasteiger partial charge on any atom is -0.356 e. The Bertz CT molecular complexity index is 351. The maximum absolute atomic E-state index is 11.5. The molecule has 1 amide bonds. The SMILES string of the molecule is CCS(=O)(=O)NCCCNC(=O)CC1CCCN1. The molecule has 6 nitrogen and oxygen atoms in total. The molecule has 18 heavy (non-hydrogen) atoms. The Balaban J connectivity index is 2.01. The highest BCUT2D eigenvalue weighted by Gasteiger charge is 2.17. The van der Waals surface area contributed by atoms with E-state index in [0.29, 0.717) is 32.0 Å². The Morgan fingerprint density at radius 2 is 2.17 bits per heavy atom. The highest BCUT2D eigenvalue weighted by molar-refractivity contribution is 7.89. The summed E-state index contributed by atoms with van der Waals surface area (Å²) in [6.45, 7) is 3.48. The fourth-order valence-electron chi connectivity index (χ4n) is 1.87. The monoisotopic (exact) mass is 277 g/mol. The van der Waals surface area contributed by atoms with E-state index in [2.05, 4.69) is 15.4 Å². The second-order valence-corrected chi connectivity index (χ2v) is 6.59. The molecule has 0 aromatic heterocycles. The van der Waals surface area contributed by atoms with Crippen molar-refractivity contribution >= 4 is 15.9 Å². The van der Waals surface area contributed by atoms with E-state index in [1.54, 1.807) is 6.92 Å². The zero-order chi connectivity index (χ0) is 13.4. The predicted molar refractivity (Wildman–Crippen MR) is 70.7 cm³/mol. The molecule has 1 rings (SSSR count). The number of rotatable bonds is 8. The van der Waals surface area contributed by atoms with Crippen LogP contribution in [-0.4, -0.2) is 45.8 Å². The number of carbonyl (C=O) groups is 1. The smallest absolute Gasteiger partial charge is 0.221 e. The average Bonchev–Trinajstić information content (AvgIpc) is 2.81. The summed E-state index contributed by atoms with van der Waals surface area (Å²) in [5.41, 5.74) is 0. The molecule has 0 spiro atoms. The van der Waals surface area contributed by atoms with Crippen molar-refractivity contribution in [2.45, 2.75) is 38.6 Å². The van der Waals surface area contributed by atoms with E-state index in [0.717, 1.165) is 19.4 Å². The highest BCUT2D eigenvalue weighted by atomic mass is 32.2. The summed E-state index contributed by atoms with van der Waals surface area (Å²) in [5, 5.41) is 6.06. The van der Waals surface area contributed by atoms with E-state index in [9.17, 15) is 13.2 Å². The molecule has 0 bridgehead atoms. The first kappa shape index (κ1) is 15.4. The van der Waals surface area contributed by atoms with E-state index >= 15 is 0 Å². The summed E-state index contributed by atoms with van der Waals surface area (Å²) in [6, 6.07) is 0.309. The molecule has 0 saturated carbocycles. The summed E-state index contributed by atoms with van der Waals surface area (Å²) in [4.78, 5) is 11.5. The van der Waals surface area contributed by atoms with Gasteiger partial charge in [-0.15, -0.1) is 0 Å². The Morgan fingerprint density at radius 3 is 2.78 bits per heavy atom.